The van der Waals surface area contributed by atoms with Crippen LogP contribution in [0.25, 0.3) is 0 Å². The highest BCUT2D eigenvalue weighted by Gasteiger charge is 2.46. The summed E-state index contributed by atoms with van der Waals surface area (Å²) in [7, 11) is 0. The molecule has 6 heteroatoms. The van der Waals surface area contributed by atoms with Gasteiger partial charge in [-0.3, -0.25) is 10.1 Å². The third kappa shape index (κ3) is 4.05. The highest BCUT2D eigenvalue weighted by Crippen LogP contribution is 2.41. The predicted molar refractivity (Wildman–Crippen MR) is 94.4 cm³/mol. The molecular weight excluding hydrogens is 341 g/mol. The first-order chi connectivity index (χ1) is 12.0. The predicted octanol–water partition coefficient (Wildman–Crippen LogP) is 4.27. The van der Waals surface area contributed by atoms with Crippen LogP contribution in [0.2, 0.25) is 0 Å². The van der Waals surface area contributed by atoms with Crippen LogP contribution in [0, 0.1) is 11.3 Å². The molecule has 1 unspecified atom stereocenters. The van der Waals surface area contributed by atoms with Crippen LogP contribution in [0.5, 0.6) is 0 Å². The summed E-state index contributed by atoms with van der Waals surface area (Å²) in [5.41, 5.74) is -0.297. The molecule has 26 heavy (non-hydrogen) atoms. The van der Waals surface area contributed by atoms with Gasteiger partial charge in [-0.1, -0.05) is 39.0 Å². The Hall–Kier alpha value is -1.56. The second kappa shape index (κ2) is 6.55. The Morgan fingerprint density at radius 3 is 2.38 bits per heavy atom. The van der Waals surface area contributed by atoms with E-state index in [4.69, 9.17) is 0 Å². The quantitative estimate of drug-likeness (QED) is 0.819. The lowest BCUT2D eigenvalue weighted by molar-refractivity contribution is -0.137. The third-order valence-electron chi connectivity index (χ3n) is 5.89. The summed E-state index contributed by atoms with van der Waals surface area (Å²) in [4.78, 5) is 12.4. The number of benzene rings is 1. The van der Waals surface area contributed by atoms with Crippen molar-refractivity contribution in [1.29, 1.82) is 0 Å². The Kier molecular flexibility index (Phi) is 4.84. The van der Waals surface area contributed by atoms with Gasteiger partial charge in [0.15, 0.2) is 0 Å². The van der Waals surface area contributed by atoms with E-state index in [9.17, 15) is 18.0 Å². The maximum absolute atomic E-state index is 12.9. The molecule has 2 aliphatic rings. The Labute approximate surface area is 152 Å². The lowest BCUT2D eigenvalue weighted by Crippen LogP contribution is -2.53. The Bertz CT molecular complexity index is 670. The maximum atomic E-state index is 12.9. The van der Waals surface area contributed by atoms with Crippen molar-refractivity contribution in [1.82, 2.24) is 10.6 Å². The number of carbonyl (C=O) groups excluding carboxylic acids is 1. The van der Waals surface area contributed by atoms with E-state index in [0.717, 1.165) is 37.8 Å². The van der Waals surface area contributed by atoms with Gasteiger partial charge in [0.2, 0.25) is 5.91 Å². The minimum atomic E-state index is -4.37. The first-order valence-corrected chi connectivity index (χ1v) is 9.24. The summed E-state index contributed by atoms with van der Waals surface area (Å²) >= 11 is 0. The molecule has 3 rings (SSSR count). The van der Waals surface area contributed by atoms with Gasteiger partial charge >= 0.3 is 6.18 Å². The summed E-state index contributed by atoms with van der Waals surface area (Å²) in [5, 5.41) is 6.48. The molecule has 1 saturated heterocycles. The number of nitrogens with one attached hydrogen (secondary N) is 2. The molecule has 1 aromatic rings. The zero-order valence-corrected chi connectivity index (χ0v) is 15.5. The molecule has 1 atom stereocenters. The molecule has 0 aromatic heterocycles. The average molecular weight is 368 g/mol. The van der Waals surface area contributed by atoms with Crippen LogP contribution in [0.3, 0.4) is 0 Å². The minimum Gasteiger partial charge on any atom is -0.337 e. The van der Waals surface area contributed by atoms with Crippen LogP contribution in [-0.4, -0.2) is 17.6 Å². The molecule has 1 aromatic carbocycles. The van der Waals surface area contributed by atoms with Gasteiger partial charge in [0.05, 0.1) is 17.3 Å². The van der Waals surface area contributed by atoms with Crippen molar-refractivity contribution in [2.24, 2.45) is 11.3 Å². The van der Waals surface area contributed by atoms with Crippen LogP contribution in [-0.2, 0) is 17.4 Å². The van der Waals surface area contributed by atoms with Gasteiger partial charge in [0, 0.05) is 0 Å². The van der Waals surface area contributed by atoms with E-state index in [-0.39, 0.29) is 17.7 Å². The standard InChI is InChI=1S/C20H27F3N2O/c1-18(2,3)14-7-9-19(10-8-14)24-16(17(26)25-19)12-13-5-4-6-15(11-13)20(21,22)23/h4-6,11,14,16,24H,7-10,12H2,1-3H3,(H,25,26). The van der Waals surface area contributed by atoms with Crippen molar-refractivity contribution in [2.75, 3.05) is 0 Å². The van der Waals surface area contributed by atoms with Crippen molar-refractivity contribution in [3.05, 3.63) is 35.4 Å². The number of halogens is 3. The minimum absolute atomic E-state index is 0.114. The third-order valence-corrected chi connectivity index (χ3v) is 5.89. The first-order valence-electron chi connectivity index (χ1n) is 9.24. The van der Waals surface area contributed by atoms with Crippen LogP contribution in [0.4, 0.5) is 13.2 Å². The summed E-state index contributed by atoms with van der Waals surface area (Å²) in [6.45, 7) is 6.73. The summed E-state index contributed by atoms with van der Waals surface area (Å²) < 4.78 is 38.6. The smallest absolute Gasteiger partial charge is 0.337 e. The first kappa shape index (κ1) is 19.2. The Balaban J connectivity index is 1.66. The van der Waals surface area contributed by atoms with Crippen LogP contribution in [0.1, 0.15) is 57.6 Å². The number of rotatable bonds is 2. The lowest BCUT2D eigenvalue weighted by atomic mass is 9.70. The fraction of sp³-hybridized carbons (Fsp3) is 0.650. The molecule has 3 nitrogen and oxygen atoms in total. The molecular formula is C20H27F3N2O. The molecule has 2 fully saturated rings. The normalized spacial score (nSPS) is 29.8. The van der Waals surface area contributed by atoms with Gasteiger partial charge in [-0.25, -0.2) is 0 Å². The van der Waals surface area contributed by atoms with E-state index in [2.05, 4.69) is 31.4 Å². The van der Waals surface area contributed by atoms with Crippen LogP contribution in [0.15, 0.2) is 24.3 Å². The summed E-state index contributed by atoms with van der Waals surface area (Å²) in [6, 6.07) is 4.75. The SMILES string of the molecule is CC(C)(C)C1CCC2(CC1)NC(=O)C(Cc1cccc(C(F)(F)F)c1)N2. The van der Waals surface area contributed by atoms with Crippen molar-refractivity contribution >= 4 is 5.91 Å². The van der Waals surface area contributed by atoms with E-state index in [1.165, 1.54) is 6.07 Å². The fourth-order valence-electron chi connectivity index (χ4n) is 4.26. The van der Waals surface area contributed by atoms with E-state index < -0.39 is 23.4 Å². The van der Waals surface area contributed by atoms with E-state index in [0.29, 0.717) is 11.5 Å². The van der Waals surface area contributed by atoms with Gasteiger partial charge in [-0.05, 0) is 55.1 Å². The molecule has 1 spiro atoms. The zero-order valence-electron chi connectivity index (χ0n) is 15.5. The molecule has 1 aliphatic carbocycles. The van der Waals surface area contributed by atoms with Gasteiger partial charge in [-0.15, -0.1) is 0 Å². The Morgan fingerprint density at radius 2 is 1.81 bits per heavy atom. The highest BCUT2D eigenvalue weighted by atomic mass is 19.4. The highest BCUT2D eigenvalue weighted by molar-refractivity contribution is 5.85. The summed E-state index contributed by atoms with van der Waals surface area (Å²) in [6.07, 6.45) is -0.312. The van der Waals surface area contributed by atoms with E-state index in [1.807, 2.05) is 0 Å². The molecule has 144 valence electrons. The van der Waals surface area contributed by atoms with Gasteiger partial charge < -0.3 is 5.32 Å². The molecule has 0 radical (unpaired) electrons. The van der Waals surface area contributed by atoms with Gasteiger partial charge in [-0.2, -0.15) is 13.2 Å². The van der Waals surface area contributed by atoms with Crippen molar-refractivity contribution in [3.8, 4) is 0 Å². The van der Waals surface area contributed by atoms with Gasteiger partial charge in [0.1, 0.15) is 0 Å². The van der Waals surface area contributed by atoms with Crippen LogP contribution < -0.4 is 10.6 Å². The van der Waals surface area contributed by atoms with Crippen molar-refractivity contribution in [3.63, 3.8) is 0 Å². The second-order valence-electron chi connectivity index (χ2n) is 8.81. The monoisotopic (exact) mass is 368 g/mol. The number of alkyl halides is 3. The van der Waals surface area contributed by atoms with Gasteiger partial charge in [0.25, 0.3) is 0 Å². The number of hydrogen-bond donors (Lipinski definition) is 2. The topological polar surface area (TPSA) is 41.1 Å². The van der Waals surface area contributed by atoms with Crippen molar-refractivity contribution in [2.45, 2.75) is 70.8 Å². The molecule has 1 heterocycles. The Morgan fingerprint density at radius 1 is 1.15 bits per heavy atom. The lowest BCUT2D eigenvalue weighted by Gasteiger charge is -2.42. The van der Waals surface area contributed by atoms with Crippen LogP contribution >= 0.6 is 0 Å². The molecule has 0 bridgehead atoms. The fourth-order valence-corrected chi connectivity index (χ4v) is 4.26. The molecule has 1 aliphatic heterocycles. The average Bonchev–Trinajstić information content (AvgIpc) is 2.81. The second-order valence-corrected chi connectivity index (χ2v) is 8.81. The van der Waals surface area contributed by atoms with E-state index >= 15 is 0 Å². The number of carbonyl (C=O) groups is 1. The summed E-state index contributed by atoms with van der Waals surface area (Å²) in [5.74, 6) is 0.506. The number of hydrogen-bond acceptors (Lipinski definition) is 2. The molecule has 1 saturated carbocycles. The number of amides is 1. The van der Waals surface area contributed by atoms with E-state index in [1.54, 1.807) is 6.07 Å². The molecule has 2 N–H and O–H groups in total. The molecule has 1 amide bonds. The zero-order chi connectivity index (χ0) is 19.2. The largest absolute Gasteiger partial charge is 0.416 e. The maximum Gasteiger partial charge on any atom is 0.416 e. The van der Waals surface area contributed by atoms with Crippen molar-refractivity contribution < 1.29 is 18.0 Å².